The fourth-order valence-corrected chi connectivity index (χ4v) is 1.58. The molecule has 6 heteroatoms. The second kappa shape index (κ2) is 3.62. The third kappa shape index (κ3) is 2.78. The van der Waals surface area contributed by atoms with Gasteiger partial charge in [0.15, 0.2) is 0 Å². The molecule has 1 saturated carbocycles. The maximum atomic E-state index is 12.1. The monoisotopic (exact) mass is 219 g/mol. The minimum Gasteiger partial charge on any atom is -0.171 e. The van der Waals surface area contributed by atoms with E-state index in [0.717, 1.165) is 0 Å². The van der Waals surface area contributed by atoms with Crippen LogP contribution in [0.1, 0.15) is 19.3 Å². The van der Waals surface area contributed by atoms with E-state index < -0.39 is 24.2 Å². The van der Waals surface area contributed by atoms with E-state index in [2.05, 4.69) is 0 Å². The van der Waals surface area contributed by atoms with Crippen LogP contribution in [0.5, 0.6) is 0 Å². The summed E-state index contributed by atoms with van der Waals surface area (Å²) in [5.74, 6) is -3.80. The fourth-order valence-electron chi connectivity index (χ4n) is 1.58. The molecule has 14 heavy (non-hydrogen) atoms. The number of alkyl halides is 6. The minimum absolute atomic E-state index is 0.0230. The topological polar surface area (TPSA) is 0 Å². The minimum atomic E-state index is -4.54. The van der Waals surface area contributed by atoms with E-state index in [0.29, 0.717) is 6.42 Å². The van der Waals surface area contributed by atoms with Crippen molar-refractivity contribution in [3.63, 3.8) is 0 Å². The summed E-state index contributed by atoms with van der Waals surface area (Å²) in [5, 5.41) is 0. The van der Waals surface area contributed by atoms with Crippen LogP contribution in [0.2, 0.25) is 0 Å². The van der Waals surface area contributed by atoms with Crippen molar-refractivity contribution in [1.29, 1.82) is 0 Å². The van der Waals surface area contributed by atoms with Gasteiger partial charge in [0.2, 0.25) is 0 Å². The lowest BCUT2D eigenvalue weighted by molar-refractivity contribution is -0.201. The molecule has 0 bridgehead atoms. The van der Waals surface area contributed by atoms with E-state index >= 15 is 0 Å². The smallest absolute Gasteiger partial charge is 0.171 e. The molecule has 2 unspecified atom stereocenters. The van der Waals surface area contributed by atoms with Crippen LogP contribution in [-0.4, -0.2) is 12.4 Å². The Hall–Kier alpha value is -0.420. The van der Waals surface area contributed by atoms with Crippen LogP contribution in [0.4, 0.5) is 26.3 Å². The first kappa shape index (κ1) is 11.7. The molecule has 0 aliphatic heterocycles. The summed E-state index contributed by atoms with van der Waals surface area (Å²) >= 11 is 0. The number of rotatable bonds is 0. The van der Waals surface area contributed by atoms with Gasteiger partial charge in [0.1, 0.15) is 0 Å². The summed E-state index contributed by atoms with van der Waals surface area (Å²) in [6.45, 7) is 0. The SMILES string of the molecule is FC(F)(F)C1[CH]C(C(F)(F)F)CCC1. The molecule has 1 radical (unpaired) electrons. The molecule has 83 valence electrons. The van der Waals surface area contributed by atoms with Crippen molar-refractivity contribution in [3.05, 3.63) is 6.42 Å². The zero-order chi connectivity index (χ0) is 11.0. The van der Waals surface area contributed by atoms with Gasteiger partial charge in [-0.15, -0.1) is 0 Å². The highest BCUT2D eigenvalue weighted by Crippen LogP contribution is 2.44. The van der Waals surface area contributed by atoms with Gasteiger partial charge in [-0.05, 0) is 19.3 Å². The van der Waals surface area contributed by atoms with Crippen molar-refractivity contribution in [1.82, 2.24) is 0 Å². The van der Waals surface area contributed by atoms with Crippen LogP contribution < -0.4 is 0 Å². The molecular formula is C8H9F6. The van der Waals surface area contributed by atoms with Crippen LogP contribution in [0.25, 0.3) is 0 Å². The Morgan fingerprint density at radius 3 is 1.43 bits per heavy atom. The van der Waals surface area contributed by atoms with E-state index in [-0.39, 0.29) is 19.3 Å². The summed E-state index contributed by atoms with van der Waals surface area (Å²) < 4.78 is 72.6. The van der Waals surface area contributed by atoms with Gasteiger partial charge in [0, 0.05) is 0 Å². The van der Waals surface area contributed by atoms with Crippen molar-refractivity contribution < 1.29 is 26.3 Å². The second-order valence-corrected chi connectivity index (χ2v) is 3.42. The van der Waals surface area contributed by atoms with Crippen molar-refractivity contribution in [3.8, 4) is 0 Å². The number of halogens is 6. The van der Waals surface area contributed by atoms with Crippen molar-refractivity contribution in [2.75, 3.05) is 0 Å². The molecule has 0 N–H and O–H groups in total. The van der Waals surface area contributed by atoms with E-state index in [1.807, 2.05) is 0 Å². The first-order chi connectivity index (χ1) is 6.21. The predicted octanol–water partition coefficient (Wildman–Crippen LogP) is 3.73. The Morgan fingerprint density at radius 2 is 1.14 bits per heavy atom. The Kier molecular flexibility index (Phi) is 3.02. The van der Waals surface area contributed by atoms with Crippen molar-refractivity contribution >= 4 is 0 Å². The van der Waals surface area contributed by atoms with Gasteiger partial charge in [-0.3, -0.25) is 0 Å². The van der Waals surface area contributed by atoms with Gasteiger partial charge < -0.3 is 0 Å². The maximum Gasteiger partial charge on any atom is 0.392 e. The van der Waals surface area contributed by atoms with Crippen LogP contribution in [0, 0.1) is 18.3 Å². The lowest BCUT2D eigenvalue weighted by atomic mass is 9.81. The summed E-state index contributed by atoms with van der Waals surface area (Å²) in [7, 11) is 0. The Labute approximate surface area is 77.3 Å². The molecule has 0 amide bonds. The third-order valence-electron chi connectivity index (χ3n) is 2.34. The molecule has 0 aromatic carbocycles. The van der Waals surface area contributed by atoms with Gasteiger partial charge in [-0.25, -0.2) is 0 Å². The summed E-state index contributed by atoms with van der Waals surface area (Å²) in [6, 6.07) is 0. The molecule has 0 nitrogen and oxygen atoms in total. The fraction of sp³-hybridized carbons (Fsp3) is 0.875. The molecule has 2 atom stereocenters. The normalized spacial score (nSPS) is 30.4. The van der Waals surface area contributed by atoms with Gasteiger partial charge in [-0.1, -0.05) is 6.42 Å². The van der Waals surface area contributed by atoms with E-state index in [1.54, 1.807) is 0 Å². The molecule has 0 heterocycles. The summed E-state index contributed by atoms with van der Waals surface area (Å²) in [4.78, 5) is 0. The standard InChI is InChI=1S/C8H9F6/c9-7(10,11)5-2-1-3-6(4-5)8(12,13)14/h4-6H,1-3H2. The van der Waals surface area contributed by atoms with E-state index in [1.165, 1.54) is 0 Å². The van der Waals surface area contributed by atoms with Gasteiger partial charge in [-0.2, -0.15) is 26.3 Å². The van der Waals surface area contributed by atoms with Crippen molar-refractivity contribution in [2.24, 2.45) is 11.8 Å². The van der Waals surface area contributed by atoms with E-state index in [4.69, 9.17) is 0 Å². The first-order valence-electron chi connectivity index (χ1n) is 4.19. The molecule has 0 aromatic rings. The molecule has 0 saturated heterocycles. The van der Waals surface area contributed by atoms with Gasteiger partial charge in [0.05, 0.1) is 11.8 Å². The molecule has 1 rings (SSSR count). The van der Waals surface area contributed by atoms with Gasteiger partial charge >= 0.3 is 12.4 Å². The van der Waals surface area contributed by atoms with Gasteiger partial charge in [0.25, 0.3) is 0 Å². The number of hydrogen-bond acceptors (Lipinski definition) is 0. The zero-order valence-corrected chi connectivity index (χ0v) is 7.12. The predicted molar refractivity (Wildman–Crippen MR) is 37.2 cm³/mol. The van der Waals surface area contributed by atoms with Crippen LogP contribution >= 0.6 is 0 Å². The highest BCUT2D eigenvalue weighted by Gasteiger charge is 2.49. The third-order valence-corrected chi connectivity index (χ3v) is 2.34. The molecule has 1 fully saturated rings. The van der Waals surface area contributed by atoms with Crippen LogP contribution in [0.15, 0.2) is 0 Å². The number of hydrogen-bond donors (Lipinski definition) is 0. The van der Waals surface area contributed by atoms with E-state index in [9.17, 15) is 26.3 Å². The van der Waals surface area contributed by atoms with Crippen LogP contribution in [0.3, 0.4) is 0 Å². The molecule has 0 spiro atoms. The largest absolute Gasteiger partial charge is 0.392 e. The lowest BCUT2D eigenvalue weighted by Crippen LogP contribution is -2.35. The van der Waals surface area contributed by atoms with Crippen LogP contribution in [-0.2, 0) is 0 Å². The summed E-state index contributed by atoms with van der Waals surface area (Å²) in [5.41, 5.74) is 0. The zero-order valence-electron chi connectivity index (χ0n) is 7.12. The summed E-state index contributed by atoms with van der Waals surface area (Å²) in [6.07, 6.45) is -9.16. The molecular weight excluding hydrogens is 210 g/mol. The molecule has 0 aromatic heterocycles. The quantitative estimate of drug-likeness (QED) is 0.544. The second-order valence-electron chi connectivity index (χ2n) is 3.42. The lowest BCUT2D eigenvalue weighted by Gasteiger charge is -2.31. The Balaban J connectivity index is 2.61. The highest BCUT2D eigenvalue weighted by atomic mass is 19.4. The average Bonchev–Trinajstić information content (AvgIpc) is 2.01. The molecule has 1 aliphatic carbocycles. The van der Waals surface area contributed by atoms with Crippen molar-refractivity contribution in [2.45, 2.75) is 31.6 Å². The maximum absolute atomic E-state index is 12.1. The first-order valence-corrected chi connectivity index (χ1v) is 4.19. The average molecular weight is 219 g/mol. The Morgan fingerprint density at radius 1 is 0.786 bits per heavy atom. The Bertz CT molecular complexity index is 171. The highest BCUT2D eigenvalue weighted by molar-refractivity contribution is 4.94. The molecule has 1 aliphatic rings.